The van der Waals surface area contributed by atoms with Crippen LogP contribution < -0.4 is 15.4 Å². The van der Waals surface area contributed by atoms with Crippen LogP contribution in [0.5, 0.6) is 5.75 Å². The first-order valence-electron chi connectivity index (χ1n) is 8.87. The number of amides is 2. The van der Waals surface area contributed by atoms with Crippen LogP contribution in [0.2, 0.25) is 10.0 Å². The Labute approximate surface area is 178 Å². The summed E-state index contributed by atoms with van der Waals surface area (Å²) in [5.74, 6) is 0.0967. The third-order valence-electron chi connectivity index (χ3n) is 4.02. The van der Waals surface area contributed by atoms with Crippen LogP contribution in [-0.2, 0) is 0 Å². The molecule has 148 valence electrons. The first-order valence-corrected chi connectivity index (χ1v) is 9.63. The van der Waals surface area contributed by atoms with E-state index < -0.39 is 0 Å². The maximum absolute atomic E-state index is 12.4. The summed E-state index contributed by atoms with van der Waals surface area (Å²) in [7, 11) is 0. The molecular weight excluding hydrogens is 411 g/mol. The highest BCUT2D eigenvalue weighted by Gasteiger charge is 2.13. The molecule has 3 rings (SSSR count). The minimum absolute atomic E-state index is 0.193. The lowest BCUT2D eigenvalue weighted by molar-refractivity contribution is 0.102. The van der Waals surface area contributed by atoms with Gasteiger partial charge in [-0.1, -0.05) is 29.3 Å². The van der Waals surface area contributed by atoms with Crippen LogP contribution >= 0.6 is 23.2 Å². The van der Waals surface area contributed by atoms with Gasteiger partial charge in [-0.05, 0) is 67.6 Å². The van der Waals surface area contributed by atoms with Crippen LogP contribution in [0.25, 0.3) is 0 Å². The van der Waals surface area contributed by atoms with Crippen LogP contribution in [0.15, 0.2) is 66.7 Å². The summed E-state index contributed by atoms with van der Waals surface area (Å²) >= 11 is 12.0. The summed E-state index contributed by atoms with van der Waals surface area (Å²) in [6, 6.07) is 18.5. The van der Waals surface area contributed by atoms with E-state index in [1.54, 1.807) is 66.7 Å². The fraction of sp³-hybridized carbons (Fsp3) is 0.0909. The molecule has 0 radical (unpaired) electrons. The Balaban J connectivity index is 1.64. The van der Waals surface area contributed by atoms with Crippen molar-refractivity contribution in [3.63, 3.8) is 0 Å². The van der Waals surface area contributed by atoms with E-state index in [2.05, 4.69) is 10.6 Å². The highest BCUT2D eigenvalue weighted by molar-refractivity contribution is 6.44. The van der Waals surface area contributed by atoms with Gasteiger partial charge in [-0.25, -0.2) is 0 Å². The third-order valence-corrected chi connectivity index (χ3v) is 4.84. The van der Waals surface area contributed by atoms with E-state index in [0.29, 0.717) is 28.6 Å². The maximum Gasteiger partial charge on any atom is 0.257 e. The van der Waals surface area contributed by atoms with E-state index in [1.807, 2.05) is 6.92 Å². The first-order chi connectivity index (χ1) is 14.0. The van der Waals surface area contributed by atoms with Crippen molar-refractivity contribution in [3.05, 3.63) is 87.9 Å². The summed E-state index contributed by atoms with van der Waals surface area (Å²) < 4.78 is 5.38. The molecule has 0 unspecified atom stereocenters. The van der Waals surface area contributed by atoms with Crippen molar-refractivity contribution in [3.8, 4) is 5.75 Å². The number of anilines is 2. The molecule has 29 heavy (non-hydrogen) atoms. The second-order valence-electron chi connectivity index (χ2n) is 6.04. The van der Waals surface area contributed by atoms with E-state index in [4.69, 9.17) is 27.9 Å². The molecule has 0 saturated carbocycles. The van der Waals surface area contributed by atoms with E-state index in [1.165, 1.54) is 0 Å². The van der Waals surface area contributed by atoms with Gasteiger partial charge in [0, 0.05) is 16.9 Å². The summed E-state index contributed by atoms with van der Waals surface area (Å²) in [5, 5.41) is 6.04. The van der Waals surface area contributed by atoms with Crippen LogP contribution in [0.1, 0.15) is 27.6 Å². The average molecular weight is 429 g/mol. The van der Waals surface area contributed by atoms with Gasteiger partial charge in [-0.3, -0.25) is 9.59 Å². The molecule has 3 aromatic carbocycles. The summed E-state index contributed by atoms with van der Waals surface area (Å²) in [6.07, 6.45) is 0. The minimum Gasteiger partial charge on any atom is -0.494 e. The third kappa shape index (κ3) is 5.28. The molecule has 5 nitrogen and oxygen atoms in total. The van der Waals surface area contributed by atoms with Crippen LogP contribution in [0.3, 0.4) is 0 Å². The van der Waals surface area contributed by atoms with E-state index in [-0.39, 0.29) is 22.4 Å². The monoisotopic (exact) mass is 428 g/mol. The molecule has 0 aliphatic rings. The van der Waals surface area contributed by atoms with E-state index >= 15 is 0 Å². The molecule has 3 aromatic rings. The number of carbonyl (C=O) groups is 2. The van der Waals surface area contributed by atoms with Crippen molar-refractivity contribution < 1.29 is 14.3 Å². The molecule has 0 fully saturated rings. The molecule has 2 amide bonds. The van der Waals surface area contributed by atoms with Gasteiger partial charge < -0.3 is 15.4 Å². The van der Waals surface area contributed by atoms with Crippen molar-refractivity contribution in [2.24, 2.45) is 0 Å². The van der Waals surface area contributed by atoms with Gasteiger partial charge in [-0.2, -0.15) is 0 Å². The molecule has 0 saturated heterocycles. The van der Waals surface area contributed by atoms with Gasteiger partial charge >= 0.3 is 0 Å². The number of benzene rings is 3. The lowest BCUT2D eigenvalue weighted by Crippen LogP contribution is -2.14. The normalized spacial score (nSPS) is 10.3. The lowest BCUT2D eigenvalue weighted by Gasteiger charge is -2.09. The standard InChI is InChI=1S/C22H18Cl2N2O3/c1-2-29-17-12-10-16(11-13-17)25-21(27)14-6-8-15(9-7-14)26-22(28)18-4-3-5-19(23)20(18)24/h3-13H,2H2,1H3,(H,25,27)(H,26,28). The highest BCUT2D eigenvalue weighted by Crippen LogP contribution is 2.26. The molecule has 0 heterocycles. The van der Waals surface area contributed by atoms with Crippen LogP contribution in [-0.4, -0.2) is 18.4 Å². The minimum atomic E-state index is -0.385. The average Bonchev–Trinajstić information content (AvgIpc) is 2.72. The van der Waals surface area contributed by atoms with Gasteiger partial charge in [-0.15, -0.1) is 0 Å². The Morgan fingerprint density at radius 2 is 1.41 bits per heavy atom. The predicted octanol–water partition coefficient (Wildman–Crippen LogP) is 5.90. The number of carbonyl (C=O) groups excluding carboxylic acids is 2. The quantitative estimate of drug-likeness (QED) is 0.513. The largest absolute Gasteiger partial charge is 0.494 e. The van der Waals surface area contributed by atoms with Crippen molar-refractivity contribution >= 4 is 46.4 Å². The topological polar surface area (TPSA) is 67.4 Å². The molecule has 0 aromatic heterocycles. The molecule has 7 heteroatoms. The highest BCUT2D eigenvalue weighted by atomic mass is 35.5. The SMILES string of the molecule is CCOc1ccc(NC(=O)c2ccc(NC(=O)c3cccc(Cl)c3Cl)cc2)cc1. The smallest absolute Gasteiger partial charge is 0.257 e. The molecule has 2 N–H and O–H groups in total. The number of ether oxygens (including phenoxy) is 1. The lowest BCUT2D eigenvalue weighted by atomic mass is 10.1. The Morgan fingerprint density at radius 3 is 2.03 bits per heavy atom. The zero-order valence-electron chi connectivity index (χ0n) is 15.5. The fourth-order valence-corrected chi connectivity index (χ4v) is 2.97. The Hall–Kier alpha value is -3.02. The Morgan fingerprint density at radius 1 is 0.828 bits per heavy atom. The van der Waals surface area contributed by atoms with Crippen molar-refractivity contribution in [2.75, 3.05) is 17.2 Å². The number of hydrogen-bond acceptors (Lipinski definition) is 3. The van der Waals surface area contributed by atoms with E-state index in [9.17, 15) is 9.59 Å². The van der Waals surface area contributed by atoms with Gasteiger partial charge in [0.25, 0.3) is 11.8 Å². The molecule has 0 atom stereocenters. The Bertz CT molecular complexity index is 1020. The Kier molecular flexibility index (Phi) is 6.75. The van der Waals surface area contributed by atoms with Crippen molar-refractivity contribution in [2.45, 2.75) is 6.92 Å². The predicted molar refractivity (Wildman–Crippen MR) is 116 cm³/mol. The van der Waals surface area contributed by atoms with Gasteiger partial charge in [0.05, 0.1) is 22.2 Å². The summed E-state index contributed by atoms with van der Waals surface area (Å²) in [5.41, 5.74) is 1.92. The van der Waals surface area contributed by atoms with Crippen LogP contribution in [0.4, 0.5) is 11.4 Å². The molecular formula is C22H18Cl2N2O3. The number of hydrogen-bond donors (Lipinski definition) is 2. The van der Waals surface area contributed by atoms with Gasteiger partial charge in [0.15, 0.2) is 0 Å². The summed E-state index contributed by atoms with van der Waals surface area (Å²) in [6.45, 7) is 2.49. The number of rotatable bonds is 6. The molecule has 0 aliphatic carbocycles. The van der Waals surface area contributed by atoms with E-state index in [0.717, 1.165) is 5.75 Å². The zero-order chi connectivity index (χ0) is 20.8. The van der Waals surface area contributed by atoms with Crippen LogP contribution in [0, 0.1) is 0 Å². The molecule has 0 bridgehead atoms. The van der Waals surface area contributed by atoms with Crippen molar-refractivity contribution in [1.29, 1.82) is 0 Å². The number of nitrogens with one attached hydrogen (secondary N) is 2. The van der Waals surface area contributed by atoms with Gasteiger partial charge in [0.1, 0.15) is 5.75 Å². The number of halogens is 2. The molecule has 0 aliphatic heterocycles. The van der Waals surface area contributed by atoms with Crippen molar-refractivity contribution in [1.82, 2.24) is 0 Å². The summed E-state index contributed by atoms with van der Waals surface area (Å²) in [4.78, 5) is 24.8. The fourth-order valence-electron chi connectivity index (χ4n) is 2.59. The second kappa shape index (κ2) is 9.45. The first kappa shape index (κ1) is 20.7. The molecule has 0 spiro atoms. The maximum atomic E-state index is 12.4. The second-order valence-corrected chi connectivity index (χ2v) is 6.83. The van der Waals surface area contributed by atoms with Gasteiger partial charge in [0.2, 0.25) is 0 Å². The zero-order valence-corrected chi connectivity index (χ0v) is 17.1.